The first kappa shape index (κ1) is 19.0. The van der Waals surface area contributed by atoms with Gasteiger partial charge >= 0.3 is 5.97 Å². The molecule has 3 aromatic rings. The van der Waals surface area contributed by atoms with Gasteiger partial charge in [0.25, 0.3) is 0 Å². The van der Waals surface area contributed by atoms with Crippen molar-refractivity contribution in [2.45, 2.75) is 50.3 Å². The Labute approximate surface area is 176 Å². The second kappa shape index (κ2) is 7.07. The standard InChI is InChI=1S/C20H22N4O3S2/c1-20(2)7-11-12(8-27-20)17(24-5-3-4-6-24)23-18-14(11)15-16(29-18)19(22-10-21-15)28-9-13(25)26/h10H,3-9H2,1-2H3,(H,25,26). The van der Waals surface area contributed by atoms with Crippen LogP contribution in [-0.2, 0) is 22.6 Å². The summed E-state index contributed by atoms with van der Waals surface area (Å²) in [5.74, 6) is 0.166. The van der Waals surface area contributed by atoms with Crippen molar-refractivity contribution in [1.82, 2.24) is 15.0 Å². The number of carboxylic acid groups (broad SMARTS) is 1. The van der Waals surface area contributed by atoms with Crippen LogP contribution in [0, 0.1) is 0 Å². The molecule has 0 saturated carbocycles. The van der Waals surface area contributed by atoms with Gasteiger partial charge in [-0.25, -0.2) is 15.0 Å². The fourth-order valence-electron chi connectivity index (χ4n) is 4.19. The third-order valence-electron chi connectivity index (χ3n) is 5.51. The van der Waals surface area contributed by atoms with Crippen LogP contribution in [0.3, 0.4) is 0 Å². The Kier molecular flexibility index (Phi) is 4.64. The lowest BCUT2D eigenvalue weighted by atomic mass is 9.90. The van der Waals surface area contributed by atoms with Crippen molar-refractivity contribution in [2.24, 2.45) is 0 Å². The average Bonchev–Trinajstić information content (AvgIpc) is 3.32. The molecule has 5 rings (SSSR count). The van der Waals surface area contributed by atoms with E-state index in [0.717, 1.165) is 45.8 Å². The van der Waals surface area contributed by atoms with E-state index in [9.17, 15) is 4.79 Å². The molecule has 1 N–H and O–H groups in total. The van der Waals surface area contributed by atoms with Gasteiger partial charge in [-0.3, -0.25) is 4.79 Å². The molecule has 1 fully saturated rings. The Morgan fingerprint density at radius 3 is 2.86 bits per heavy atom. The van der Waals surface area contributed by atoms with Crippen LogP contribution in [0.5, 0.6) is 0 Å². The molecule has 0 atom stereocenters. The molecular weight excluding hydrogens is 408 g/mol. The molecule has 0 unspecified atom stereocenters. The van der Waals surface area contributed by atoms with Gasteiger partial charge in [-0.05, 0) is 32.3 Å². The summed E-state index contributed by atoms with van der Waals surface area (Å²) in [7, 11) is 0. The number of thiophene rings is 1. The number of pyridine rings is 1. The molecule has 2 aliphatic rings. The predicted octanol–water partition coefficient (Wildman–Crippen LogP) is 3.87. The number of carbonyl (C=O) groups is 1. The van der Waals surface area contributed by atoms with Gasteiger partial charge < -0.3 is 14.7 Å². The summed E-state index contributed by atoms with van der Waals surface area (Å²) in [6, 6.07) is 0. The summed E-state index contributed by atoms with van der Waals surface area (Å²) in [5.41, 5.74) is 3.08. The third kappa shape index (κ3) is 3.35. The van der Waals surface area contributed by atoms with Gasteiger partial charge in [0.05, 0.1) is 28.2 Å². The van der Waals surface area contributed by atoms with Crippen LogP contribution >= 0.6 is 23.1 Å². The number of thioether (sulfide) groups is 1. The zero-order valence-corrected chi connectivity index (χ0v) is 18.0. The molecule has 3 aromatic heterocycles. The highest BCUT2D eigenvalue weighted by Crippen LogP contribution is 2.44. The normalized spacial score (nSPS) is 18.5. The van der Waals surface area contributed by atoms with Crippen LogP contribution in [0.4, 0.5) is 5.82 Å². The molecule has 152 valence electrons. The summed E-state index contributed by atoms with van der Waals surface area (Å²) in [5, 5.41) is 10.9. The lowest BCUT2D eigenvalue weighted by Crippen LogP contribution is -2.33. The lowest BCUT2D eigenvalue weighted by molar-refractivity contribution is -0.133. The van der Waals surface area contributed by atoms with Gasteiger partial charge in [-0.1, -0.05) is 11.8 Å². The molecule has 5 heterocycles. The summed E-state index contributed by atoms with van der Waals surface area (Å²) in [6.07, 6.45) is 4.71. The third-order valence-corrected chi connectivity index (χ3v) is 7.69. The lowest BCUT2D eigenvalue weighted by Gasteiger charge is -2.34. The SMILES string of the molecule is CC1(C)Cc2c(c(N3CCCC3)nc3sc4c(SCC(=O)O)ncnc4c23)CO1. The van der Waals surface area contributed by atoms with E-state index in [1.165, 1.54) is 42.1 Å². The first-order chi connectivity index (χ1) is 13.9. The van der Waals surface area contributed by atoms with E-state index in [-0.39, 0.29) is 11.4 Å². The van der Waals surface area contributed by atoms with Gasteiger partial charge in [-0.2, -0.15) is 0 Å². The highest BCUT2D eigenvalue weighted by molar-refractivity contribution is 8.00. The summed E-state index contributed by atoms with van der Waals surface area (Å²) < 4.78 is 7.08. The molecular formula is C20H22N4O3S2. The number of fused-ring (bicyclic) bond motifs is 5. The molecule has 29 heavy (non-hydrogen) atoms. The molecule has 0 aliphatic carbocycles. The van der Waals surface area contributed by atoms with Crippen LogP contribution in [-0.4, -0.2) is 50.5 Å². The van der Waals surface area contributed by atoms with Gasteiger partial charge in [0, 0.05) is 30.5 Å². The van der Waals surface area contributed by atoms with Crippen LogP contribution in [0.1, 0.15) is 37.8 Å². The van der Waals surface area contributed by atoms with Crippen LogP contribution in [0.2, 0.25) is 0 Å². The smallest absolute Gasteiger partial charge is 0.313 e. The van der Waals surface area contributed by atoms with E-state index in [1.54, 1.807) is 11.3 Å². The Hall–Kier alpha value is -1.97. The number of rotatable bonds is 4. The molecule has 0 amide bonds. The quantitative estimate of drug-likeness (QED) is 0.493. The molecule has 0 aromatic carbocycles. The first-order valence-electron chi connectivity index (χ1n) is 9.75. The first-order valence-corrected chi connectivity index (χ1v) is 11.6. The molecule has 7 nitrogen and oxygen atoms in total. The van der Waals surface area contributed by atoms with Gasteiger partial charge in [0.1, 0.15) is 22.0 Å². The van der Waals surface area contributed by atoms with Crippen molar-refractivity contribution >= 4 is 55.3 Å². The zero-order chi connectivity index (χ0) is 20.2. The van der Waals surface area contributed by atoms with Gasteiger partial charge in [0.15, 0.2) is 0 Å². The topological polar surface area (TPSA) is 88.4 Å². The number of anilines is 1. The summed E-state index contributed by atoms with van der Waals surface area (Å²) >= 11 is 2.81. The van der Waals surface area contributed by atoms with E-state index >= 15 is 0 Å². The van der Waals surface area contributed by atoms with Crippen molar-refractivity contribution in [3.63, 3.8) is 0 Å². The molecule has 0 spiro atoms. The Balaban J connectivity index is 1.75. The maximum absolute atomic E-state index is 11.0. The monoisotopic (exact) mass is 430 g/mol. The second-order valence-corrected chi connectivity index (χ2v) is 10.1. The molecule has 1 saturated heterocycles. The van der Waals surface area contributed by atoms with E-state index in [0.29, 0.717) is 11.6 Å². The Bertz CT molecular complexity index is 1120. The zero-order valence-electron chi connectivity index (χ0n) is 16.4. The van der Waals surface area contributed by atoms with Gasteiger partial charge in [0.2, 0.25) is 0 Å². The van der Waals surface area contributed by atoms with E-state index in [2.05, 4.69) is 28.7 Å². The Morgan fingerprint density at radius 2 is 2.10 bits per heavy atom. The fourth-order valence-corrected chi connectivity index (χ4v) is 6.14. The van der Waals surface area contributed by atoms with Crippen LogP contribution in [0.15, 0.2) is 11.4 Å². The number of aromatic nitrogens is 3. The van der Waals surface area contributed by atoms with Crippen molar-refractivity contribution in [2.75, 3.05) is 23.7 Å². The fraction of sp³-hybridized carbons (Fsp3) is 0.500. The highest BCUT2D eigenvalue weighted by atomic mass is 32.2. The summed E-state index contributed by atoms with van der Waals surface area (Å²) in [6.45, 7) is 6.85. The Morgan fingerprint density at radius 1 is 1.31 bits per heavy atom. The number of nitrogens with zero attached hydrogens (tertiary/aromatic N) is 4. The van der Waals surface area contributed by atoms with Crippen molar-refractivity contribution in [1.29, 1.82) is 0 Å². The average molecular weight is 431 g/mol. The largest absolute Gasteiger partial charge is 0.481 e. The number of ether oxygens (including phenoxy) is 1. The minimum Gasteiger partial charge on any atom is -0.481 e. The van der Waals surface area contributed by atoms with Crippen molar-refractivity contribution in [3.8, 4) is 0 Å². The molecule has 0 radical (unpaired) electrons. The maximum Gasteiger partial charge on any atom is 0.313 e. The number of hydrogen-bond donors (Lipinski definition) is 1. The van der Waals surface area contributed by atoms with E-state index in [4.69, 9.17) is 14.8 Å². The number of aliphatic carboxylic acids is 1. The number of carboxylic acids is 1. The van der Waals surface area contributed by atoms with Gasteiger partial charge in [-0.15, -0.1) is 11.3 Å². The van der Waals surface area contributed by atoms with Crippen LogP contribution < -0.4 is 4.90 Å². The predicted molar refractivity (Wildman–Crippen MR) is 115 cm³/mol. The second-order valence-electron chi connectivity index (χ2n) is 8.13. The minimum absolute atomic E-state index is 0.0220. The molecule has 2 aliphatic heterocycles. The highest BCUT2D eigenvalue weighted by Gasteiger charge is 2.33. The van der Waals surface area contributed by atoms with E-state index < -0.39 is 5.97 Å². The van der Waals surface area contributed by atoms with Crippen molar-refractivity contribution < 1.29 is 14.6 Å². The van der Waals surface area contributed by atoms with E-state index in [1.807, 2.05) is 0 Å². The van der Waals surface area contributed by atoms with Crippen LogP contribution in [0.25, 0.3) is 20.4 Å². The minimum atomic E-state index is -0.853. The summed E-state index contributed by atoms with van der Waals surface area (Å²) in [4.78, 5) is 28.4. The number of hydrogen-bond acceptors (Lipinski definition) is 8. The molecule has 0 bridgehead atoms. The maximum atomic E-state index is 11.0. The molecule has 9 heteroatoms. The van der Waals surface area contributed by atoms with Crippen molar-refractivity contribution in [3.05, 3.63) is 17.5 Å².